The molecule has 0 spiro atoms. The number of ether oxygens (including phenoxy) is 1. The van der Waals surface area contributed by atoms with Crippen molar-refractivity contribution in [2.24, 2.45) is 0 Å². The summed E-state index contributed by atoms with van der Waals surface area (Å²) in [5.74, 6) is 0.776. The molecule has 1 aliphatic rings. The first-order chi connectivity index (χ1) is 15.7. The maximum absolute atomic E-state index is 12.7. The fourth-order valence-electron chi connectivity index (χ4n) is 3.59. The zero-order chi connectivity index (χ0) is 21.8. The van der Waals surface area contributed by atoms with Crippen molar-refractivity contribution in [1.29, 1.82) is 0 Å². The second kappa shape index (κ2) is 9.52. The number of rotatable bonds is 6. The van der Waals surface area contributed by atoms with E-state index in [0.29, 0.717) is 5.56 Å². The number of hydrogen-bond donors (Lipinski definition) is 2. The summed E-state index contributed by atoms with van der Waals surface area (Å²) in [5.41, 5.74) is 3.14. The van der Waals surface area contributed by atoms with Crippen LogP contribution in [0, 0.1) is 0 Å². The van der Waals surface area contributed by atoms with E-state index >= 15 is 0 Å². The first kappa shape index (κ1) is 20.7. The van der Waals surface area contributed by atoms with Crippen LogP contribution in [0.15, 0.2) is 76.8 Å². The molecule has 162 valence electrons. The minimum absolute atomic E-state index is 0.146. The van der Waals surface area contributed by atoms with E-state index in [4.69, 9.17) is 4.74 Å². The Bertz CT molecular complexity index is 1200. The van der Waals surface area contributed by atoms with E-state index in [1.807, 2.05) is 60.7 Å². The molecule has 8 heteroatoms. The van der Waals surface area contributed by atoms with Gasteiger partial charge in [-0.05, 0) is 54.6 Å². The van der Waals surface area contributed by atoms with Crippen molar-refractivity contribution in [2.75, 3.05) is 31.6 Å². The normalized spacial score (nSPS) is 14.5. The van der Waals surface area contributed by atoms with Gasteiger partial charge in [-0.2, -0.15) is 0 Å². The molecule has 2 aromatic carbocycles. The summed E-state index contributed by atoms with van der Waals surface area (Å²) in [5, 5.41) is 3.90. The molecule has 0 aliphatic carbocycles. The molecule has 0 unspecified atom stereocenters. The lowest BCUT2D eigenvalue weighted by Crippen LogP contribution is -2.35. The highest BCUT2D eigenvalue weighted by molar-refractivity contribution is 7.99. The molecule has 7 nitrogen and oxygen atoms in total. The van der Waals surface area contributed by atoms with E-state index < -0.39 is 0 Å². The van der Waals surface area contributed by atoms with E-state index in [-0.39, 0.29) is 5.91 Å². The van der Waals surface area contributed by atoms with Gasteiger partial charge in [-0.1, -0.05) is 17.8 Å². The van der Waals surface area contributed by atoms with Crippen molar-refractivity contribution in [3.8, 4) is 0 Å². The highest BCUT2D eigenvalue weighted by Gasteiger charge is 2.14. The zero-order valence-corrected chi connectivity index (χ0v) is 18.3. The van der Waals surface area contributed by atoms with Gasteiger partial charge in [-0.3, -0.25) is 9.69 Å². The Morgan fingerprint density at radius 1 is 1.09 bits per heavy atom. The Kier molecular flexibility index (Phi) is 6.15. The molecule has 1 aliphatic heterocycles. The number of pyridine rings is 1. The highest BCUT2D eigenvalue weighted by Crippen LogP contribution is 2.26. The van der Waals surface area contributed by atoms with Gasteiger partial charge in [-0.25, -0.2) is 9.97 Å². The Labute approximate surface area is 190 Å². The predicted molar refractivity (Wildman–Crippen MR) is 125 cm³/mol. The third kappa shape index (κ3) is 4.99. The Morgan fingerprint density at radius 3 is 2.72 bits per heavy atom. The van der Waals surface area contributed by atoms with Crippen LogP contribution in [0.2, 0.25) is 0 Å². The number of fused-ring (bicyclic) bond motifs is 1. The summed E-state index contributed by atoms with van der Waals surface area (Å²) in [6.45, 7) is 4.12. The van der Waals surface area contributed by atoms with Crippen molar-refractivity contribution in [2.45, 2.75) is 16.5 Å². The number of imidazole rings is 1. The average Bonchev–Trinajstić information content (AvgIpc) is 3.22. The van der Waals surface area contributed by atoms with Crippen molar-refractivity contribution < 1.29 is 9.53 Å². The van der Waals surface area contributed by atoms with Crippen molar-refractivity contribution in [3.63, 3.8) is 0 Å². The van der Waals surface area contributed by atoms with Crippen molar-refractivity contribution in [1.82, 2.24) is 19.9 Å². The third-order valence-corrected chi connectivity index (χ3v) is 6.20. The quantitative estimate of drug-likeness (QED) is 0.463. The lowest BCUT2D eigenvalue weighted by atomic mass is 10.2. The van der Waals surface area contributed by atoms with Crippen LogP contribution in [0.5, 0.6) is 0 Å². The molecular weight excluding hydrogens is 422 g/mol. The Hall–Kier alpha value is -3.20. The van der Waals surface area contributed by atoms with Gasteiger partial charge in [0.15, 0.2) is 0 Å². The lowest BCUT2D eigenvalue weighted by Gasteiger charge is -2.25. The molecule has 1 saturated heterocycles. The third-order valence-electron chi connectivity index (χ3n) is 5.24. The molecular formula is C24H23N5O2S. The number of benzene rings is 2. The lowest BCUT2D eigenvalue weighted by molar-refractivity contribution is 0.0332. The summed E-state index contributed by atoms with van der Waals surface area (Å²) >= 11 is 1.56. The molecule has 1 amide bonds. The Balaban J connectivity index is 1.24. The summed E-state index contributed by atoms with van der Waals surface area (Å²) in [6, 6.07) is 19.1. The van der Waals surface area contributed by atoms with Gasteiger partial charge in [0.25, 0.3) is 5.91 Å². The number of carbonyl (C=O) groups is 1. The van der Waals surface area contributed by atoms with Gasteiger partial charge < -0.3 is 15.0 Å². The molecule has 3 heterocycles. The van der Waals surface area contributed by atoms with Gasteiger partial charge in [0.05, 0.1) is 30.8 Å². The topological polar surface area (TPSA) is 83.1 Å². The highest BCUT2D eigenvalue weighted by atomic mass is 32.2. The maximum atomic E-state index is 12.7. The molecule has 0 atom stereocenters. The number of aromatic nitrogens is 3. The van der Waals surface area contributed by atoms with Crippen LogP contribution in [0.1, 0.15) is 16.2 Å². The molecule has 1 fully saturated rings. The maximum Gasteiger partial charge on any atom is 0.255 e. The van der Waals surface area contributed by atoms with Gasteiger partial charge in [0.2, 0.25) is 0 Å². The van der Waals surface area contributed by atoms with Crippen molar-refractivity contribution in [3.05, 3.63) is 78.2 Å². The molecule has 4 aromatic rings. The molecule has 2 N–H and O–H groups in total. The standard InChI is InChI=1S/C24H23N5O2S/c30-24(17-4-7-19(8-5-17)32-23-3-1-2-10-25-23)26-18-6-9-20-21(15-18)28-22(27-20)16-29-11-13-31-14-12-29/h1-10,15H,11-14,16H2,(H,26,30)(H,27,28). The summed E-state index contributed by atoms with van der Waals surface area (Å²) in [4.78, 5) is 28.4. The number of nitrogens with zero attached hydrogens (tertiary/aromatic N) is 3. The fraction of sp³-hybridized carbons (Fsp3) is 0.208. The number of morpholine rings is 1. The van der Waals surface area contributed by atoms with Crippen LogP contribution in [0.3, 0.4) is 0 Å². The molecule has 0 radical (unpaired) electrons. The number of anilines is 1. The number of aromatic amines is 1. The number of hydrogen-bond acceptors (Lipinski definition) is 6. The monoisotopic (exact) mass is 445 g/mol. The van der Waals surface area contributed by atoms with Gasteiger partial charge in [0, 0.05) is 35.4 Å². The minimum Gasteiger partial charge on any atom is -0.379 e. The Morgan fingerprint density at radius 2 is 1.94 bits per heavy atom. The van der Waals surface area contributed by atoms with E-state index in [1.165, 1.54) is 0 Å². The number of amides is 1. The fourth-order valence-corrected chi connectivity index (χ4v) is 4.37. The summed E-state index contributed by atoms with van der Waals surface area (Å²) < 4.78 is 5.40. The van der Waals surface area contributed by atoms with E-state index in [9.17, 15) is 4.79 Å². The largest absolute Gasteiger partial charge is 0.379 e. The van der Waals surface area contributed by atoms with Crippen LogP contribution in [0.4, 0.5) is 5.69 Å². The molecule has 2 aromatic heterocycles. The zero-order valence-electron chi connectivity index (χ0n) is 17.5. The number of nitrogens with one attached hydrogen (secondary N) is 2. The van der Waals surface area contributed by atoms with Crippen LogP contribution in [-0.4, -0.2) is 52.1 Å². The second-order valence-corrected chi connectivity index (χ2v) is 8.65. The SMILES string of the molecule is O=C(Nc1ccc2nc(CN3CCOCC3)[nH]c2c1)c1ccc(Sc2ccccn2)cc1. The minimum atomic E-state index is -0.146. The van der Waals surface area contributed by atoms with Gasteiger partial charge >= 0.3 is 0 Å². The van der Waals surface area contributed by atoms with Crippen LogP contribution in [0.25, 0.3) is 11.0 Å². The summed E-state index contributed by atoms with van der Waals surface area (Å²) in [7, 11) is 0. The second-order valence-electron chi connectivity index (χ2n) is 7.55. The first-order valence-corrected chi connectivity index (χ1v) is 11.3. The molecule has 5 rings (SSSR count). The van der Waals surface area contributed by atoms with Gasteiger partial charge in [-0.15, -0.1) is 0 Å². The van der Waals surface area contributed by atoms with E-state index in [1.54, 1.807) is 18.0 Å². The van der Waals surface area contributed by atoms with Crippen LogP contribution < -0.4 is 5.32 Å². The smallest absolute Gasteiger partial charge is 0.255 e. The molecule has 0 bridgehead atoms. The molecule has 0 saturated carbocycles. The van der Waals surface area contributed by atoms with Crippen LogP contribution in [-0.2, 0) is 11.3 Å². The van der Waals surface area contributed by atoms with Crippen molar-refractivity contribution >= 4 is 34.4 Å². The summed E-state index contributed by atoms with van der Waals surface area (Å²) in [6.07, 6.45) is 1.77. The molecule has 32 heavy (non-hydrogen) atoms. The first-order valence-electron chi connectivity index (χ1n) is 10.5. The van der Waals surface area contributed by atoms with E-state index in [0.717, 1.165) is 65.3 Å². The van der Waals surface area contributed by atoms with Crippen LogP contribution >= 0.6 is 11.8 Å². The number of H-pyrrole nitrogens is 1. The average molecular weight is 446 g/mol. The predicted octanol–water partition coefficient (Wildman–Crippen LogP) is 4.19. The van der Waals surface area contributed by atoms with E-state index in [2.05, 4.69) is 25.2 Å². The van der Waals surface area contributed by atoms with Gasteiger partial charge in [0.1, 0.15) is 10.9 Å². The number of carbonyl (C=O) groups excluding carboxylic acids is 1.